The Bertz CT molecular complexity index is 661. The van der Waals surface area contributed by atoms with Crippen LogP contribution >= 0.6 is 0 Å². The van der Waals surface area contributed by atoms with E-state index in [2.05, 4.69) is 29.2 Å². The van der Waals surface area contributed by atoms with Crippen molar-refractivity contribution in [3.8, 4) is 0 Å². The zero-order valence-corrected chi connectivity index (χ0v) is 14.9. The summed E-state index contributed by atoms with van der Waals surface area (Å²) in [6.07, 6.45) is 4.54. The number of ketones is 1. The molecule has 0 unspecified atom stereocenters. The predicted octanol–water partition coefficient (Wildman–Crippen LogP) is 3.69. The summed E-state index contributed by atoms with van der Waals surface area (Å²) in [4.78, 5) is 14.6. The third-order valence-electron chi connectivity index (χ3n) is 5.22. The number of rotatable bonds is 7. The second-order valence-corrected chi connectivity index (χ2v) is 7.26. The lowest BCUT2D eigenvalue weighted by Gasteiger charge is -2.39. The minimum absolute atomic E-state index is 0.0856. The van der Waals surface area contributed by atoms with E-state index in [-0.39, 0.29) is 11.3 Å². The molecule has 132 valence electrons. The van der Waals surface area contributed by atoms with Gasteiger partial charge in [-0.3, -0.25) is 4.79 Å². The van der Waals surface area contributed by atoms with Crippen molar-refractivity contribution in [3.05, 3.63) is 71.8 Å². The number of hydrogen-bond donors (Lipinski definition) is 1. The Labute approximate surface area is 150 Å². The average Bonchev–Trinajstić information content (AvgIpc) is 2.65. The summed E-state index contributed by atoms with van der Waals surface area (Å²) in [5.41, 5.74) is 8.69. The molecule has 1 fully saturated rings. The first kappa shape index (κ1) is 17.8. The lowest BCUT2D eigenvalue weighted by molar-refractivity contribution is 0.0967. The molecule has 2 aromatic rings. The molecule has 0 spiro atoms. The second-order valence-electron chi connectivity index (χ2n) is 7.26. The van der Waals surface area contributed by atoms with Gasteiger partial charge in [0.05, 0.1) is 0 Å². The van der Waals surface area contributed by atoms with Gasteiger partial charge in [-0.15, -0.1) is 0 Å². The number of carbonyl (C=O) groups excluding carboxylic acids is 1. The highest BCUT2D eigenvalue weighted by molar-refractivity contribution is 5.95. The van der Waals surface area contributed by atoms with Crippen LogP contribution in [0.25, 0.3) is 0 Å². The fourth-order valence-corrected chi connectivity index (χ4v) is 3.63. The zero-order valence-electron chi connectivity index (χ0n) is 14.9. The van der Waals surface area contributed by atoms with Crippen LogP contribution in [-0.2, 0) is 6.42 Å². The quantitative estimate of drug-likeness (QED) is 0.785. The van der Waals surface area contributed by atoms with Gasteiger partial charge >= 0.3 is 0 Å². The van der Waals surface area contributed by atoms with E-state index in [1.54, 1.807) is 0 Å². The number of Topliss-reactive ketones (excluding diaryl/α,β-unsaturated/α-hetero) is 1. The van der Waals surface area contributed by atoms with E-state index in [0.29, 0.717) is 6.42 Å². The standard InChI is InChI=1S/C22H28N2O/c23-22(18-19-8-3-1-4-9-19)13-16-24(17-14-22)15-7-12-21(25)20-10-5-2-6-11-20/h1-6,8-11H,7,12-18,23H2. The number of nitrogens with zero attached hydrogens (tertiary/aromatic N) is 1. The van der Waals surface area contributed by atoms with Gasteiger partial charge in [0.1, 0.15) is 0 Å². The van der Waals surface area contributed by atoms with Crippen molar-refractivity contribution >= 4 is 5.78 Å². The van der Waals surface area contributed by atoms with Crippen molar-refractivity contribution in [1.29, 1.82) is 0 Å². The minimum Gasteiger partial charge on any atom is -0.325 e. The molecule has 0 radical (unpaired) electrons. The lowest BCUT2D eigenvalue weighted by Crippen LogP contribution is -2.51. The first-order chi connectivity index (χ1) is 12.1. The highest BCUT2D eigenvalue weighted by Gasteiger charge is 2.30. The van der Waals surface area contributed by atoms with Crippen LogP contribution in [0, 0.1) is 0 Å². The van der Waals surface area contributed by atoms with Crippen LogP contribution in [0.5, 0.6) is 0 Å². The van der Waals surface area contributed by atoms with Gasteiger partial charge in [0.15, 0.2) is 5.78 Å². The van der Waals surface area contributed by atoms with Crippen molar-refractivity contribution < 1.29 is 4.79 Å². The van der Waals surface area contributed by atoms with Gasteiger partial charge in [0, 0.05) is 17.5 Å². The van der Waals surface area contributed by atoms with E-state index in [4.69, 9.17) is 5.73 Å². The van der Waals surface area contributed by atoms with Crippen LogP contribution in [0.2, 0.25) is 0 Å². The van der Waals surface area contributed by atoms with E-state index < -0.39 is 0 Å². The first-order valence-electron chi connectivity index (χ1n) is 9.28. The highest BCUT2D eigenvalue weighted by atomic mass is 16.1. The van der Waals surface area contributed by atoms with Crippen LogP contribution in [0.3, 0.4) is 0 Å². The van der Waals surface area contributed by atoms with Crippen LogP contribution in [-0.4, -0.2) is 35.9 Å². The zero-order chi connectivity index (χ0) is 17.5. The highest BCUT2D eigenvalue weighted by Crippen LogP contribution is 2.24. The molecule has 0 bridgehead atoms. The number of benzene rings is 2. The van der Waals surface area contributed by atoms with Gasteiger partial charge in [0.25, 0.3) is 0 Å². The summed E-state index contributed by atoms with van der Waals surface area (Å²) in [6, 6.07) is 20.1. The maximum atomic E-state index is 12.2. The maximum Gasteiger partial charge on any atom is 0.162 e. The first-order valence-corrected chi connectivity index (χ1v) is 9.28. The van der Waals surface area contributed by atoms with Crippen molar-refractivity contribution in [3.63, 3.8) is 0 Å². The van der Waals surface area contributed by atoms with Crippen molar-refractivity contribution in [2.75, 3.05) is 19.6 Å². The minimum atomic E-state index is -0.0856. The van der Waals surface area contributed by atoms with Crippen LogP contribution in [0.15, 0.2) is 60.7 Å². The van der Waals surface area contributed by atoms with Crippen LogP contribution < -0.4 is 5.73 Å². The van der Waals surface area contributed by atoms with Gasteiger partial charge in [-0.05, 0) is 50.9 Å². The molecule has 3 nitrogen and oxygen atoms in total. The molecular formula is C22H28N2O. The Morgan fingerprint density at radius 2 is 1.56 bits per heavy atom. The molecule has 2 N–H and O–H groups in total. The smallest absolute Gasteiger partial charge is 0.162 e. The molecule has 3 rings (SSSR count). The lowest BCUT2D eigenvalue weighted by atomic mass is 9.83. The largest absolute Gasteiger partial charge is 0.325 e. The Balaban J connectivity index is 1.40. The second kappa shape index (κ2) is 8.41. The molecule has 1 aliphatic rings. The molecule has 1 heterocycles. The SMILES string of the molecule is NC1(Cc2ccccc2)CCN(CCCC(=O)c2ccccc2)CC1. The number of nitrogens with two attached hydrogens (primary N) is 1. The molecule has 2 aromatic carbocycles. The number of hydrogen-bond acceptors (Lipinski definition) is 3. The van der Waals surface area contributed by atoms with Gasteiger partial charge in [-0.2, -0.15) is 0 Å². The number of carbonyl (C=O) groups is 1. The molecule has 1 saturated heterocycles. The van der Waals surface area contributed by atoms with E-state index >= 15 is 0 Å². The third kappa shape index (κ3) is 5.25. The third-order valence-corrected chi connectivity index (χ3v) is 5.22. The molecule has 3 heteroatoms. The maximum absolute atomic E-state index is 12.2. The summed E-state index contributed by atoms with van der Waals surface area (Å²) >= 11 is 0. The molecule has 1 aliphatic heterocycles. The van der Waals surface area contributed by atoms with E-state index in [9.17, 15) is 4.79 Å². The molecule has 25 heavy (non-hydrogen) atoms. The van der Waals surface area contributed by atoms with Gasteiger partial charge < -0.3 is 10.6 Å². The molecule has 0 saturated carbocycles. The fourth-order valence-electron chi connectivity index (χ4n) is 3.63. The number of piperidine rings is 1. The van der Waals surface area contributed by atoms with Gasteiger partial charge in [0.2, 0.25) is 0 Å². The van der Waals surface area contributed by atoms with Crippen molar-refractivity contribution in [2.45, 2.75) is 37.6 Å². The van der Waals surface area contributed by atoms with Crippen molar-refractivity contribution in [2.24, 2.45) is 5.73 Å². The Kier molecular flexibility index (Phi) is 6.00. The monoisotopic (exact) mass is 336 g/mol. The topological polar surface area (TPSA) is 46.3 Å². The Morgan fingerprint density at radius 1 is 0.960 bits per heavy atom. The predicted molar refractivity (Wildman–Crippen MR) is 103 cm³/mol. The normalized spacial score (nSPS) is 17.3. The van der Waals surface area contributed by atoms with Crippen molar-refractivity contribution in [1.82, 2.24) is 4.90 Å². The summed E-state index contributed by atoms with van der Waals surface area (Å²) < 4.78 is 0. The van der Waals surface area contributed by atoms with E-state index in [0.717, 1.165) is 50.9 Å². The Morgan fingerprint density at radius 3 is 2.20 bits per heavy atom. The van der Waals surface area contributed by atoms with Crippen LogP contribution in [0.1, 0.15) is 41.6 Å². The number of likely N-dealkylation sites (tertiary alicyclic amines) is 1. The Hall–Kier alpha value is -1.97. The summed E-state index contributed by atoms with van der Waals surface area (Å²) in [6.45, 7) is 3.05. The van der Waals surface area contributed by atoms with Gasteiger partial charge in [-0.25, -0.2) is 0 Å². The summed E-state index contributed by atoms with van der Waals surface area (Å²) in [7, 11) is 0. The molecule has 0 aliphatic carbocycles. The van der Waals surface area contributed by atoms with E-state index in [1.165, 1.54) is 5.56 Å². The molecular weight excluding hydrogens is 308 g/mol. The molecule has 0 aromatic heterocycles. The summed E-state index contributed by atoms with van der Waals surface area (Å²) in [5, 5.41) is 0. The van der Waals surface area contributed by atoms with E-state index in [1.807, 2.05) is 36.4 Å². The van der Waals surface area contributed by atoms with Gasteiger partial charge in [-0.1, -0.05) is 60.7 Å². The molecule has 0 atom stereocenters. The van der Waals surface area contributed by atoms with Crippen LogP contribution in [0.4, 0.5) is 0 Å². The average molecular weight is 336 g/mol. The fraction of sp³-hybridized carbons (Fsp3) is 0.409. The summed E-state index contributed by atoms with van der Waals surface area (Å²) in [5.74, 6) is 0.245. The molecule has 0 amide bonds.